The molecular weight excluding hydrogens is 246 g/mol. The van der Waals surface area contributed by atoms with E-state index >= 15 is 0 Å². The van der Waals surface area contributed by atoms with Gasteiger partial charge in [0.05, 0.1) is 10.6 Å². The van der Waals surface area contributed by atoms with Crippen LogP contribution in [-0.2, 0) is 27.2 Å². The second-order valence-electron chi connectivity index (χ2n) is 3.45. The standard InChI is InChI=1S/C10H15NO3S2/c1-15(12)5-6-16(13,14)10-4-2-3-9(7-10)8-11/h2-4,7H,5-6,8,11H2,1H3. The maximum absolute atomic E-state index is 11.8. The summed E-state index contributed by atoms with van der Waals surface area (Å²) in [4.78, 5) is 0.251. The van der Waals surface area contributed by atoms with Crippen molar-refractivity contribution in [3.63, 3.8) is 0 Å². The van der Waals surface area contributed by atoms with Crippen molar-refractivity contribution in [1.29, 1.82) is 0 Å². The van der Waals surface area contributed by atoms with Crippen molar-refractivity contribution in [1.82, 2.24) is 0 Å². The molecule has 0 spiro atoms. The van der Waals surface area contributed by atoms with E-state index in [1.165, 1.54) is 12.3 Å². The molecular formula is C10H15NO3S2. The van der Waals surface area contributed by atoms with Crippen molar-refractivity contribution in [2.75, 3.05) is 17.8 Å². The van der Waals surface area contributed by atoms with Crippen molar-refractivity contribution in [3.05, 3.63) is 29.8 Å². The smallest absolute Gasteiger partial charge is 0.179 e. The number of hydrogen-bond donors (Lipinski definition) is 1. The Morgan fingerprint density at radius 1 is 1.38 bits per heavy atom. The molecule has 4 nitrogen and oxygen atoms in total. The SMILES string of the molecule is CS(=O)CCS(=O)(=O)c1cccc(CN)c1. The fourth-order valence-electron chi connectivity index (χ4n) is 1.21. The third-order valence-electron chi connectivity index (χ3n) is 2.13. The molecule has 0 aliphatic rings. The lowest BCUT2D eigenvalue weighted by atomic mass is 10.2. The van der Waals surface area contributed by atoms with E-state index in [4.69, 9.17) is 5.73 Å². The van der Waals surface area contributed by atoms with Gasteiger partial charge < -0.3 is 5.73 Å². The Balaban J connectivity index is 2.93. The molecule has 1 rings (SSSR count). The second kappa shape index (κ2) is 5.56. The van der Waals surface area contributed by atoms with Gasteiger partial charge in [-0.1, -0.05) is 12.1 Å². The van der Waals surface area contributed by atoms with Crippen LogP contribution in [0.5, 0.6) is 0 Å². The van der Waals surface area contributed by atoms with Crippen LogP contribution in [0.25, 0.3) is 0 Å². The van der Waals surface area contributed by atoms with E-state index < -0.39 is 20.6 Å². The molecule has 0 aliphatic heterocycles. The van der Waals surface area contributed by atoms with Crippen LogP contribution in [0.15, 0.2) is 29.2 Å². The summed E-state index contributed by atoms with van der Waals surface area (Å²) in [5, 5.41) is 0. The number of hydrogen-bond acceptors (Lipinski definition) is 4. The summed E-state index contributed by atoms with van der Waals surface area (Å²) in [6, 6.07) is 6.54. The normalized spacial score (nSPS) is 13.6. The van der Waals surface area contributed by atoms with Crippen molar-refractivity contribution < 1.29 is 12.6 Å². The molecule has 6 heteroatoms. The largest absolute Gasteiger partial charge is 0.326 e. The molecule has 0 aliphatic carbocycles. The van der Waals surface area contributed by atoms with Crippen LogP contribution in [0.1, 0.15) is 5.56 Å². The number of nitrogens with two attached hydrogens (primary N) is 1. The van der Waals surface area contributed by atoms with Crippen molar-refractivity contribution in [2.24, 2.45) is 5.73 Å². The topological polar surface area (TPSA) is 77.2 Å². The summed E-state index contributed by atoms with van der Waals surface area (Å²) in [6.45, 7) is 0.309. The first kappa shape index (κ1) is 13.3. The first-order valence-corrected chi connectivity index (χ1v) is 8.15. The second-order valence-corrected chi connectivity index (χ2v) is 7.11. The third-order valence-corrected chi connectivity index (χ3v) is 4.88. The van der Waals surface area contributed by atoms with E-state index in [1.54, 1.807) is 18.2 Å². The molecule has 1 aromatic rings. The first-order valence-electron chi connectivity index (χ1n) is 4.77. The molecule has 0 aromatic heterocycles. The Kier molecular flexibility index (Phi) is 4.64. The summed E-state index contributed by atoms with van der Waals surface area (Å²) >= 11 is 0. The Morgan fingerprint density at radius 2 is 2.06 bits per heavy atom. The molecule has 0 saturated heterocycles. The Bertz CT molecular complexity index is 483. The van der Waals surface area contributed by atoms with Gasteiger partial charge in [-0.15, -0.1) is 0 Å². The van der Waals surface area contributed by atoms with E-state index in [9.17, 15) is 12.6 Å². The van der Waals surface area contributed by atoms with E-state index in [2.05, 4.69) is 0 Å². The lowest BCUT2D eigenvalue weighted by molar-refractivity contribution is 0.597. The molecule has 0 heterocycles. The highest BCUT2D eigenvalue weighted by molar-refractivity contribution is 7.93. The molecule has 0 amide bonds. The minimum atomic E-state index is -3.34. The van der Waals surface area contributed by atoms with Gasteiger partial charge >= 0.3 is 0 Å². The molecule has 0 radical (unpaired) electrons. The molecule has 1 atom stereocenters. The monoisotopic (exact) mass is 261 g/mol. The van der Waals surface area contributed by atoms with Crippen LogP contribution in [0.2, 0.25) is 0 Å². The fourth-order valence-corrected chi connectivity index (χ4v) is 3.88. The van der Waals surface area contributed by atoms with Crippen LogP contribution in [0.3, 0.4) is 0 Å². The quantitative estimate of drug-likeness (QED) is 0.827. The minimum absolute atomic E-state index is 0.0931. The number of sulfone groups is 1. The fraction of sp³-hybridized carbons (Fsp3) is 0.400. The van der Waals surface area contributed by atoms with Gasteiger partial charge in [0.15, 0.2) is 9.84 Å². The van der Waals surface area contributed by atoms with Crippen molar-refractivity contribution in [2.45, 2.75) is 11.4 Å². The lowest BCUT2D eigenvalue weighted by Crippen LogP contribution is -2.13. The van der Waals surface area contributed by atoms with Crippen LogP contribution in [0, 0.1) is 0 Å². The van der Waals surface area contributed by atoms with Crippen molar-refractivity contribution >= 4 is 20.6 Å². The summed E-state index contributed by atoms with van der Waals surface area (Å²) in [5.41, 5.74) is 6.22. The van der Waals surface area contributed by atoms with Gasteiger partial charge in [-0.05, 0) is 17.7 Å². The molecule has 1 unspecified atom stereocenters. The lowest BCUT2D eigenvalue weighted by Gasteiger charge is -2.04. The zero-order valence-corrected chi connectivity index (χ0v) is 10.7. The van der Waals surface area contributed by atoms with Crippen LogP contribution in [-0.4, -0.2) is 30.4 Å². The predicted molar refractivity (Wildman–Crippen MR) is 65.3 cm³/mol. The molecule has 16 heavy (non-hydrogen) atoms. The number of benzene rings is 1. The average Bonchev–Trinajstić information content (AvgIpc) is 2.27. The zero-order chi connectivity index (χ0) is 12.2. The highest BCUT2D eigenvalue weighted by atomic mass is 32.2. The van der Waals surface area contributed by atoms with Gasteiger partial charge in [0, 0.05) is 29.4 Å². The molecule has 0 bridgehead atoms. The molecule has 90 valence electrons. The van der Waals surface area contributed by atoms with Gasteiger partial charge in [-0.2, -0.15) is 0 Å². The number of rotatable bonds is 5. The Labute approximate surface area is 98.2 Å². The molecule has 2 N–H and O–H groups in total. The van der Waals surface area contributed by atoms with E-state index in [1.807, 2.05) is 0 Å². The van der Waals surface area contributed by atoms with Gasteiger partial charge in [-0.3, -0.25) is 4.21 Å². The highest BCUT2D eigenvalue weighted by Gasteiger charge is 2.14. The van der Waals surface area contributed by atoms with Gasteiger partial charge in [-0.25, -0.2) is 8.42 Å². The molecule has 1 aromatic carbocycles. The summed E-state index contributed by atoms with van der Waals surface area (Å²) in [7, 11) is -4.43. The minimum Gasteiger partial charge on any atom is -0.326 e. The predicted octanol–water partition coefficient (Wildman–Crippen LogP) is 0.297. The molecule has 0 fully saturated rings. The van der Waals surface area contributed by atoms with E-state index in [-0.39, 0.29) is 16.4 Å². The van der Waals surface area contributed by atoms with E-state index in [0.717, 1.165) is 5.56 Å². The maximum atomic E-state index is 11.8. The maximum Gasteiger partial charge on any atom is 0.179 e. The highest BCUT2D eigenvalue weighted by Crippen LogP contribution is 2.13. The summed E-state index contributed by atoms with van der Waals surface area (Å²) in [5.74, 6) is 0.0688. The summed E-state index contributed by atoms with van der Waals surface area (Å²) in [6.07, 6.45) is 1.49. The van der Waals surface area contributed by atoms with E-state index in [0.29, 0.717) is 6.54 Å². The first-order chi connectivity index (χ1) is 7.45. The van der Waals surface area contributed by atoms with Crippen LogP contribution >= 0.6 is 0 Å². The summed E-state index contributed by atoms with van der Waals surface area (Å²) < 4.78 is 34.5. The third kappa shape index (κ3) is 3.70. The van der Waals surface area contributed by atoms with Gasteiger partial charge in [0.25, 0.3) is 0 Å². The van der Waals surface area contributed by atoms with Gasteiger partial charge in [0.2, 0.25) is 0 Å². The Hall–Kier alpha value is -0.720. The van der Waals surface area contributed by atoms with Crippen molar-refractivity contribution in [3.8, 4) is 0 Å². The zero-order valence-electron chi connectivity index (χ0n) is 9.05. The van der Waals surface area contributed by atoms with Gasteiger partial charge in [0.1, 0.15) is 0 Å². The average molecular weight is 261 g/mol. The molecule has 0 saturated carbocycles. The van der Waals surface area contributed by atoms with Crippen LogP contribution in [0.4, 0.5) is 0 Å². The Morgan fingerprint density at radius 3 is 2.62 bits per heavy atom. The van der Waals surface area contributed by atoms with Crippen LogP contribution < -0.4 is 5.73 Å².